The molecule has 1 aliphatic carbocycles. The summed E-state index contributed by atoms with van der Waals surface area (Å²) in [5.41, 5.74) is 5.87. The average Bonchev–Trinajstić information content (AvgIpc) is 2.78. The normalized spacial score (nSPS) is 20.0. The fourth-order valence-corrected chi connectivity index (χ4v) is 1.35. The number of rotatable bonds is 6. The summed E-state index contributed by atoms with van der Waals surface area (Å²) in [6.45, 7) is -1.07. The Morgan fingerprint density at radius 2 is 1.83 bits per heavy atom. The van der Waals surface area contributed by atoms with Crippen LogP contribution >= 0.6 is 0 Å². The van der Waals surface area contributed by atoms with Crippen LogP contribution in [0.25, 0.3) is 0 Å². The molecular formula is C9H17F2N. The highest BCUT2D eigenvalue weighted by atomic mass is 19.1. The van der Waals surface area contributed by atoms with Crippen LogP contribution in [0.1, 0.15) is 32.1 Å². The zero-order valence-electron chi connectivity index (χ0n) is 7.36. The van der Waals surface area contributed by atoms with Crippen LogP contribution in [0.5, 0.6) is 0 Å². The van der Waals surface area contributed by atoms with Crippen LogP contribution < -0.4 is 5.73 Å². The van der Waals surface area contributed by atoms with Gasteiger partial charge in [-0.3, -0.25) is 8.78 Å². The van der Waals surface area contributed by atoms with Crippen LogP contribution in [-0.4, -0.2) is 18.9 Å². The third-order valence-corrected chi connectivity index (χ3v) is 2.62. The molecule has 2 N–H and O–H groups in total. The van der Waals surface area contributed by atoms with Gasteiger partial charge in [0.15, 0.2) is 0 Å². The molecule has 0 aromatic rings. The van der Waals surface area contributed by atoms with Gasteiger partial charge in [-0.1, -0.05) is 6.42 Å². The maximum absolute atomic E-state index is 12.0. The van der Waals surface area contributed by atoms with Gasteiger partial charge in [-0.25, -0.2) is 0 Å². The van der Waals surface area contributed by atoms with Gasteiger partial charge in [-0.05, 0) is 25.7 Å². The standard InChI is InChI=1S/C9H17F2N/c10-6-8(7-11)2-1-3-9(12)4-5-9/h8H,1-7,12H2. The first-order chi connectivity index (χ1) is 5.70. The van der Waals surface area contributed by atoms with Crippen molar-refractivity contribution in [1.29, 1.82) is 0 Å². The molecule has 0 radical (unpaired) electrons. The van der Waals surface area contributed by atoms with Gasteiger partial charge in [0.25, 0.3) is 0 Å². The van der Waals surface area contributed by atoms with E-state index in [4.69, 9.17) is 5.73 Å². The minimum absolute atomic E-state index is 0.0389. The topological polar surface area (TPSA) is 26.0 Å². The van der Waals surface area contributed by atoms with Crippen molar-refractivity contribution < 1.29 is 8.78 Å². The van der Waals surface area contributed by atoms with Gasteiger partial charge in [-0.15, -0.1) is 0 Å². The summed E-state index contributed by atoms with van der Waals surface area (Å²) in [5.74, 6) is -0.382. The summed E-state index contributed by atoms with van der Waals surface area (Å²) < 4.78 is 24.0. The Bertz CT molecular complexity index is 130. The number of halogens is 2. The summed E-state index contributed by atoms with van der Waals surface area (Å²) in [4.78, 5) is 0. The highest BCUT2D eigenvalue weighted by Crippen LogP contribution is 2.37. The highest BCUT2D eigenvalue weighted by Gasteiger charge is 2.37. The third-order valence-electron chi connectivity index (χ3n) is 2.62. The maximum atomic E-state index is 12.0. The Kier molecular flexibility index (Phi) is 3.44. The SMILES string of the molecule is NC1(CCCC(CF)CF)CC1. The van der Waals surface area contributed by atoms with Crippen molar-refractivity contribution in [3.8, 4) is 0 Å². The fourth-order valence-electron chi connectivity index (χ4n) is 1.35. The molecule has 1 saturated carbocycles. The lowest BCUT2D eigenvalue weighted by Gasteiger charge is -2.11. The lowest BCUT2D eigenvalue weighted by atomic mass is 10.0. The molecule has 1 fully saturated rings. The lowest BCUT2D eigenvalue weighted by Crippen LogP contribution is -2.21. The van der Waals surface area contributed by atoms with Crippen LogP contribution in [0.15, 0.2) is 0 Å². The highest BCUT2D eigenvalue weighted by molar-refractivity contribution is 4.98. The fraction of sp³-hybridized carbons (Fsp3) is 1.00. The molecule has 0 heterocycles. The molecule has 0 unspecified atom stereocenters. The quantitative estimate of drug-likeness (QED) is 0.661. The van der Waals surface area contributed by atoms with Crippen molar-refractivity contribution in [2.45, 2.75) is 37.6 Å². The zero-order valence-corrected chi connectivity index (χ0v) is 7.36. The molecule has 12 heavy (non-hydrogen) atoms. The van der Waals surface area contributed by atoms with Crippen LogP contribution in [0.4, 0.5) is 8.78 Å². The third kappa shape index (κ3) is 3.05. The van der Waals surface area contributed by atoms with Gasteiger partial charge in [0, 0.05) is 11.5 Å². The minimum Gasteiger partial charge on any atom is -0.325 e. The predicted molar refractivity (Wildman–Crippen MR) is 45.4 cm³/mol. The molecule has 1 nitrogen and oxygen atoms in total. The van der Waals surface area contributed by atoms with E-state index >= 15 is 0 Å². The lowest BCUT2D eigenvalue weighted by molar-refractivity contribution is 0.267. The second-order valence-electron chi connectivity index (χ2n) is 3.93. The molecule has 1 aliphatic rings. The first-order valence-corrected chi connectivity index (χ1v) is 4.61. The van der Waals surface area contributed by atoms with Crippen LogP contribution in [0.2, 0.25) is 0 Å². The van der Waals surface area contributed by atoms with E-state index < -0.39 is 13.3 Å². The van der Waals surface area contributed by atoms with Gasteiger partial charge in [0.2, 0.25) is 0 Å². The Morgan fingerprint density at radius 1 is 1.25 bits per heavy atom. The Balaban J connectivity index is 2.00. The number of alkyl halides is 2. The molecular weight excluding hydrogens is 160 g/mol. The van der Waals surface area contributed by atoms with Crippen LogP contribution in [0, 0.1) is 5.92 Å². The number of hydrogen-bond donors (Lipinski definition) is 1. The Morgan fingerprint density at radius 3 is 2.25 bits per heavy atom. The van der Waals surface area contributed by atoms with E-state index in [-0.39, 0.29) is 11.5 Å². The zero-order chi connectivity index (χ0) is 9.03. The van der Waals surface area contributed by atoms with E-state index in [1.54, 1.807) is 0 Å². The average molecular weight is 177 g/mol. The summed E-state index contributed by atoms with van der Waals surface area (Å²) in [5, 5.41) is 0. The largest absolute Gasteiger partial charge is 0.325 e. The Hall–Kier alpha value is -0.180. The molecule has 1 rings (SSSR count). The van der Waals surface area contributed by atoms with E-state index in [2.05, 4.69) is 0 Å². The smallest absolute Gasteiger partial charge is 0.0947 e. The van der Waals surface area contributed by atoms with E-state index in [0.29, 0.717) is 6.42 Å². The molecule has 0 aliphatic heterocycles. The van der Waals surface area contributed by atoms with Crippen LogP contribution in [-0.2, 0) is 0 Å². The van der Waals surface area contributed by atoms with Crippen molar-refractivity contribution in [2.24, 2.45) is 11.7 Å². The number of hydrogen-bond acceptors (Lipinski definition) is 1. The first-order valence-electron chi connectivity index (χ1n) is 4.61. The first kappa shape index (κ1) is 9.90. The van der Waals surface area contributed by atoms with Crippen molar-refractivity contribution in [3.05, 3.63) is 0 Å². The molecule has 3 heteroatoms. The Labute approximate surface area is 72.3 Å². The van der Waals surface area contributed by atoms with E-state index in [9.17, 15) is 8.78 Å². The van der Waals surface area contributed by atoms with Crippen molar-refractivity contribution in [1.82, 2.24) is 0 Å². The van der Waals surface area contributed by atoms with Gasteiger partial charge >= 0.3 is 0 Å². The molecule has 0 atom stereocenters. The molecule has 72 valence electrons. The number of nitrogens with two attached hydrogens (primary N) is 1. The second-order valence-corrected chi connectivity index (χ2v) is 3.93. The van der Waals surface area contributed by atoms with Crippen molar-refractivity contribution in [2.75, 3.05) is 13.3 Å². The molecule has 0 amide bonds. The van der Waals surface area contributed by atoms with E-state index in [0.717, 1.165) is 25.7 Å². The van der Waals surface area contributed by atoms with E-state index in [1.165, 1.54) is 0 Å². The van der Waals surface area contributed by atoms with Crippen LogP contribution in [0.3, 0.4) is 0 Å². The van der Waals surface area contributed by atoms with Gasteiger partial charge in [-0.2, -0.15) is 0 Å². The summed E-state index contributed by atoms with van der Waals surface area (Å²) >= 11 is 0. The molecule has 0 aromatic carbocycles. The predicted octanol–water partition coefficient (Wildman–Crippen LogP) is 2.20. The van der Waals surface area contributed by atoms with Crippen molar-refractivity contribution >= 4 is 0 Å². The summed E-state index contributed by atoms with van der Waals surface area (Å²) in [6, 6.07) is 0. The van der Waals surface area contributed by atoms with Gasteiger partial charge in [0.1, 0.15) is 0 Å². The van der Waals surface area contributed by atoms with Crippen molar-refractivity contribution in [3.63, 3.8) is 0 Å². The van der Waals surface area contributed by atoms with Gasteiger partial charge < -0.3 is 5.73 Å². The molecule has 0 aromatic heterocycles. The summed E-state index contributed by atoms with van der Waals surface area (Å²) in [6.07, 6.45) is 4.62. The van der Waals surface area contributed by atoms with Gasteiger partial charge in [0.05, 0.1) is 13.3 Å². The minimum atomic E-state index is -0.534. The maximum Gasteiger partial charge on any atom is 0.0947 e. The van der Waals surface area contributed by atoms with E-state index in [1.807, 2.05) is 0 Å². The molecule has 0 saturated heterocycles. The molecule has 0 bridgehead atoms. The monoisotopic (exact) mass is 177 g/mol. The molecule has 0 spiro atoms. The summed E-state index contributed by atoms with van der Waals surface area (Å²) in [7, 11) is 0. The second kappa shape index (κ2) is 4.17.